The summed E-state index contributed by atoms with van der Waals surface area (Å²) in [7, 11) is 1.95. The summed E-state index contributed by atoms with van der Waals surface area (Å²) >= 11 is 0. The van der Waals surface area contributed by atoms with Crippen LogP contribution in [0.25, 0.3) is 17.1 Å². The predicted octanol–water partition coefficient (Wildman–Crippen LogP) is 2.79. The number of aryl methyl sites for hydroxylation is 2. The van der Waals surface area contributed by atoms with Gasteiger partial charge in [0.25, 0.3) is 0 Å². The number of hydrogen-bond donors (Lipinski definition) is 1. The van der Waals surface area contributed by atoms with Crippen LogP contribution in [0.2, 0.25) is 0 Å². The van der Waals surface area contributed by atoms with Gasteiger partial charge in [-0.1, -0.05) is 24.3 Å². The van der Waals surface area contributed by atoms with E-state index in [1.54, 1.807) is 0 Å². The topological polar surface area (TPSA) is 50.4 Å². The molecule has 0 saturated heterocycles. The SMILES string of the molecule is Cc1cc(-c2cccc(Cc3cccc(-n4[c-][n+](C)cc4)n3)c2)n[nH]1. The van der Waals surface area contributed by atoms with Crippen molar-refractivity contribution in [2.75, 3.05) is 0 Å². The molecule has 0 amide bonds. The fraction of sp³-hybridized carbons (Fsp3) is 0.150. The van der Waals surface area contributed by atoms with Gasteiger partial charge in [-0.05, 0) is 36.8 Å². The first-order valence-electron chi connectivity index (χ1n) is 8.21. The Morgan fingerprint density at radius 1 is 1.16 bits per heavy atom. The van der Waals surface area contributed by atoms with Crippen LogP contribution in [-0.4, -0.2) is 19.7 Å². The molecule has 0 aliphatic carbocycles. The summed E-state index contributed by atoms with van der Waals surface area (Å²) in [5, 5.41) is 7.33. The van der Waals surface area contributed by atoms with Gasteiger partial charge >= 0.3 is 0 Å². The number of hydrogen-bond acceptors (Lipinski definition) is 2. The molecule has 4 aromatic rings. The van der Waals surface area contributed by atoms with Gasteiger partial charge in [0, 0.05) is 35.8 Å². The van der Waals surface area contributed by atoms with Gasteiger partial charge in [-0.15, -0.1) is 0 Å². The molecule has 0 aliphatic rings. The third-order valence-corrected chi connectivity index (χ3v) is 4.06. The van der Waals surface area contributed by atoms with Crippen LogP contribution in [0.3, 0.4) is 0 Å². The highest BCUT2D eigenvalue weighted by atomic mass is 15.1. The minimum absolute atomic E-state index is 0.776. The highest BCUT2D eigenvalue weighted by Crippen LogP contribution is 2.20. The van der Waals surface area contributed by atoms with E-state index in [4.69, 9.17) is 4.98 Å². The number of pyridine rings is 1. The number of imidazole rings is 1. The van der Waals surface area contributed by atoms with Crippen molar-refractivity contribution in [2.24, 2.45) is 7.05 Å². The van der Waals surface area contributed by atoms with E-state index in [0.717, 1.165) is 34.9 Å². The van der Waals surface area contributed by atoms with Crippen LogP contribution in [0.5, 0.6) is 0 Å². The number of H-pyrrole nitrogens is 1. The summed E-state index contributed by atoms with van der Waals surface area (Å²) in [6.45, 7) is 2.01. The highest BCUT2D eigenvalue weighted by Gasteiger charge is 2.05. The van der Waals surface area contributed by atoms with Gasteiger partial charge in [-0.25, -0.2) is 0 Å². The molecule has 3 aromatic heterocycles. The molecule has 25 heavy (non-hydrogen) atoms. The van der Waals surface area contributed by atoms with E-state index < -0.39 is 0 Å². The molecule has 0 radical (unpaired) electrons. The van der Waals surface area contributed by atoms with Crippen molar-refractivity contribution in [2.45, 2.75) is 13.3 Å². The van der Waals surface area contributed by atoms with E-state index in [-0.39, 0.29) is 0 Å². The van der Waals surface area contributed by atoms with Gasteiger partial charge in [0.2, 0.25) is 6.33 Å². The first kappa shape index (κ1) is 15.3. The molecule has 4 rings (SSSR count). The van der Waals surface area contributed by atoms with Crippen LogP contribution in [0.1, 0.15) is 17.0 Å². The predicted molar refractivity (Wildman–Crippen MR) is 95.1 cm³/mol. The molecule has 124 valence electrons. The first-order valence-corrected chi connectivity index (χ1v) is 8.21. The van der Waals surface area contributed by atoms with Crippen molar-refractivity contribution < 1.29 is 4.57 Å². The maximum absolute atomic E-state index is 4.75. The molecule has 0 unspecified atom stereocenters. The minimum Gasteiger partial charge on any atom is -0.323 e. The summed E-state index contributed by atoms with van der Waals surface area (Å²) in [5.41, 5.74) is 5.38. The molecule has 0 bridgehead atoms. The molecule has 1 aromatic carbocycles. The van der Waals surface area contributed by atoms with Crippen molar-refractivity contribution in [3.8, 4) is 17.1 Å². The van der Waals surface area contributed by atoms with Crippen molar-refractivity contribution >= 4 is 0 Å². The normalized spacial score (nSPS) is 11.0. The number of nitrogens with zero attached hydrogens (tertiary/aromatic N) is 4. The Morgan fingerprint density at radius 3 is 2.80 bits per heavy atom. The number of aromatic nitrogens is 5. The molecule has 1 N–H and O–H groups in total. The zero-order valence-electron chi connectivity index (χ0n) is 14.3. The number of nitrogens with one attached hydrogen (secondary N) is 1. The zero-order valence-corrected chi connectivity index (χ0v) is 14.3. The van der Waals surface area contributed by atoms with E-state index in [2.05, 4.69) is 52.9 Å². The molecular formula is C20H19N5. The summed E-state index contributed by atoms with van der Waals surface area (Å²) in [5.74, 6) is 0.872. The Hall–Kier alpha value is -3.21. The van der Waals surface area contributed by atoms with Crippen molar-refractivity contribution in [1.29, 1.82) is 0 Å². The molecular weight excluding hydrogens is 310 g/mol. The fourth-order valence-corrected chi connectivity index (χ4v) is 2.85. The van der Waals surface area contributed by atoms with Crippen LogP contribution in [0.15, 0.2) is 60.9 Å². The second-order valence-corrected chi connectivity index (χ2v) is 6.18. The summed E-state index contributed by atoms with van der Waals surface area (Å²) in [6, 6.07) is 16.6. The van der Waals surface area contributed by atoms with E-state index in [9.17, 15) is 0 Å². The number of rotatable bonds is 4. The maximum Gasteiger partial charge on any atom is 0.244 e. The standard InChI is InChI=1S/C20H19N5/c1-15-11-19(23-22-15)17-6-3-5-16(12-17)13-18-7-4-8-20(21-18)25-10-9-24(2)14-25/h3-12H,13H2,1-2H3,(H,22,23). The Labute approximate surface area is 146 Å². The first-order chi connectivity index (χ1) is 12.2. The molecule has 5 heteroatoms. The van der Waals surface area contributed by atoms with Crippen LogP contribution in [0, 0.1) is 13.3 Å². The molecule has 0 atom stereocenters. The number of benzene rings is 1. The highest BCUT2D eigenvalue weighted by molar-refractivity contribution is 5.60. The summed E-state index contributed by atoms with van der Waals surface area (Å²) in [6.07, 6.45) is 7.85. The second-order valence-electron chi connectivity index (χ2n) is 6.18. The molecule has 0 aliphatic heterocycles. The summed E-state index contributed by atoms with van der Waals surface area (Å²) in [4.78, 5) is 4.75. The van der Waals surface area contributed by atoms with Crippen molar-refractivity contribution in [1.82, 2.24) is 19.7 Å². The van der Waals surface area contributed by atoms with E-state index in [1.807, 2.05) is 47.6 Å². The number of aromatic amines is 1. The molecule has 0 saturated carbocycles. The lowest BCUT2D eigenvalue weighted by molar-refractivity contribution is -0.674. The van der Waals surface area contributed by atoms with Crippen molar-refractivity contribution in [3.63, 3.8) is 0 Å². The zero-order chi connectivity index (χ0) is 17.2. The maximum atomic E-state index is 4.75. The molecule has 0 fully saturated rings. The summed E-state index contributed by atoms with van der Waals surface area (Å²) < 4.78 is 3.77. The van der Waals surface area contributed by atoms with Crippen LogP contribution in [-0.2, 0) is 13.5 Å². The third kappa shape index (κ3) is 3.35. The Morgan fingerprint density at radius 2 is 2.04 bits per heavy atom. The van der Waals surface area contributed by atoms with Crippen LogP contribution in [0.4, 0.5) is 0 Å². The lowest BCUT2D eigenvalue weighted by atomic mass is 10.0. The molecule has 5 nitrogen and oxygen atoms in total. The Kier molecular flexibility index (Phi) is 3.90. The van der Waals surface area contributed by atoms with Gasteiger partial charge in [0.05, 0.1) is 12.7 Å². The Bertz CT molecular complexity index is 930. The molecule has 3 heterocycles. The average molecular weight is 329 g/mol. The van der Waals surface area contributed by atoms with Gasteiger partial charge < -0.3 is 9.13 Å². The molecule has 0 spiro atoms. The third-order valence-electron chi connectivity index (χ3n) is 4.06. The lowest BCUT2D eigenvalue weighted by Crippen LogP contribution is -2.24. The monoisotopic (exact) mass is 329 g/mol. The van der Waals surface area contributed by atoms with E-state index >= 15 is 0 Å². The van der Waals surface area contributed by atoms with Gasteiger partial charge in [0.1, 0.15) is 5.82 Å². The lowest BCUT2D eigenvalue weighted by Gasteiger charge is -2.07. The van der Waals surface area contributed by atoms with Crippen molar-refractivity contribution in [3.05, 3.63) is 84.2 Å². The van der Waals surface area contributed by atoms with E-state index in [0.29, 0.717) is 0 Å². The smallest absolute Gasteiger partial charge is 0.244 e. The fourth-order valence-electron chi connectivity index (χ4n) is 2.85. The minimum atomic E-state index is 0.776. The quantitative estimate of drug-likeness (QED) is 0.462. The van der Waals surface area contributed by atoms with Gasteiger partial charge in [0.15, 0.2) is 0 Å². The van der Waals surface area contributed by atoms with Crippen LogP contribution < -0.4 is 4.57 Å². The Balaban J connectivity index is 1.60. The second kappa shape index (κ2) is 6.36. The largest absolute Gasteiger partial charge is 0.323 e. The van der Waals surface area contributed by atoms with Gasteiger partial charge in [-0.2, -0.15) is 5.10 Å². The van der Waals surface area contributed by atoms with Crippen LogP contribution >= 0.6 is 0 Å². The average Bonchev–Trinajstić information content (AvgIpc) is 3.24. The van der Waals surface area contributed by atoms with E-state index in [1.165, 1.54) is 5.56 Å². The van der Waals surface area contributed by atoms with Gasteiger partial charge in [-0.3, -0.25) is 10.1 Å².